The molecule has 2 aromatic carbocycles. The second kappa shape index (κ2) is 7.07. The minimum Gasteiger partial charge on any atom is -0.276 e. The summed E-state index contributed by atoms with van der Waals surface area (Å²) in [6, 6.07) is 8.19. The first-order valence-electron chi connectivity index (χ1n) is 7.93. The Labute approximate surface area is 154 Å². The van der Waals surface area contributed by atoms with E-state index in [-0.39, 0.29) is 18.0 Å². The second-order valence-electron chi connectivity index (χ2n) is 6.01. The van der Waals surface area contributed by atoms with Crippen LogP contribution in [0.3, 0.4) is 0 Å². The number of rotatable bonds is 5. The quantitative estimate of drug-likeness (QED) is 0.715. The number of aromatic nitrogens is 2. The van der Waals surface area contributed by atoms with E-state index in [0.717, 1.165) is 12.1 Å². The number of halogens is 3. The zero-order chi connectivity index (χ0) is 19.8. The van der Waals surface area contributed by atoms with Gasteiger partial charge in [0.1, 0.15) is 22.3 Å². The standard InChI is InChI=1S/C18H16F3N3O2S/c1-11-18(23-27(25,26)17-7-6-15(20)9-16(17)21)12(2)24(22-11)10-13-4-3-5-14(19)8-13/h3-9,23H,10H2,1-2H3. The molecule has 0 bridgehead atoms. The van der Waals surface area contributed by atoms with Crippen LogP contribution in [0.25, 0.3) is 0 Å². The summed E-state index contributed by atoms with van der Waals surface area (Å²) in [4.78, 5) is -0.666. The van der Waals surface area contributed by atoms with Gasteiger partial charge in [-0.3, -0.25) is 9.40 Å². The number of nitrogens with zero attached hydrogens (tertiary/aromatic N) is 2. The summed E-state index contributed by atoms with van der Waals surface area (Å²) >= 11 is 0. The van der Waals surface area contributed by atoms with E-state index < -0.39 is 26.6 Å². The maximum Gasteiger partial charge on any atom is 0.264 e. The lowest BCUT2D eigenvalue weighted by Crippen LogP contribution is -2.16. The van der Waals surface area contributed by atoms with Gasteiger partial charge in [-0.2, -0.15) is 5.10 Å². The number of hydrogen-bond acceptors (Lipinski definition) is 3. The van der Waals surface area contributed by atoms with Gasteiger partial charge in [0, 0.05) is 6.07 Å². The van der Waals surface area contributed by atoms with Gasteiger partial charge in [0.05, 0.1) is 23.6 Å². The zero-order valence-electron chi connectivity index (χ0n) is 14.5. The van der Waals surface area contributed by atoms with Crippen molar-refractivity contribution in [1.82, 2.24) is 9.78 Å². The van der Waals surface area contributed by atoms with Crippen molar-refractivity contribution in [2.75, 3.05) is 4.72 Å². The minimum atomic E-state index is -4.28. The third-order valence-electron chi connectivity index (χ3n) is 4.02. The third kappa shape index (κ3) is 3.97. The lowest BCUT2D eigenvalue weighted by molar-refractivity contribution is 0.551. The number of sulfonamides is 1. The topological polar surface area (TPSA) is 64.0 Å². The molecule has 0 saturated heterocycles. The SMILES string of the molecule is Cc1nn(Cc2cccc(F)c2)c(C)c1NS(=O)(=O)c1ccc(F)cc1F. The van der Waals surface area contributed by atoms with Crippen molar-refractivity contribution >= 4 is 15.7 Å². The van der Waals surface area contributed by atoms with Crippen LogP contribution in [0.2, 0.25) is 0 Å². The third-order valence-corrected chi connectivity index (χ3v) is 5.41. The largest absolute Gasteiger partial charge is 0.276 e. The van der Waals surface area contributed by atoms with Crippen molar-refractivity contribution in [3.63, 3.8) is 0 Å². The van der Waals surface area contributed by atoms with Crippen LogP contribution in [-0.4, -0.2) is 18.2 Å². The van der Waals surface area contributed by atoms with E-state index in [9.17, 15) is 21.6 Å². The maximum atomic E-state index is 13.9. The van der Waals surface area contributed by atoms with Gasteiger partial charge in [-0.05, 0) is 43.7 Å². The molecular formula is C18H16F3N3O2S. The summed E-state index contributed by atoms with van der Waals surface area (Å²) in [5.74, 6) is -2.45. The maximum absolute atomic E-state index is 13.9. The van der Waals surface area contributed by atoms with E-state index in [4.69, 9.17) is 0 Å². The molecule has 27 heavy (non-hydrogen) atoms. The van der Waals surface area contributed by atoms with Crippen LogP contribution in [0, 0.1) is 31.3 Å². The molecule has 0 saturated carbocycles. The van der Waals surface area contributed by atoms with E-state index in [1.54, 1.807) is 26.0 Å². The predicted molar refractivity (Wildman–Crippen MR) is 94.4 cm³/mol. The molecule has 1 heterocycles. The molecule has 5 nitrogen and oxygen atoms in total. The fourth-order valence-electron chi connectivity index (χ4n) is 2.69. The van der Waals surface area contributed by atoms with Gasteiger partial charge in [0.2, 0.25) is 0 Å². The molecule has 0 aliphatic rings. The van der Waals surface area contributed by atoms with Gasteiger partial charge < -0.3 is 0 Å². The summed E-state index contributed by atoms with van der Waals surface area (Å²) in [6.07, 6.45) is 0. The number of benzene rings is 2. The lowest BCUT2D eigenvalue weighted by atomic mass is 10.2. The van der Waals surface area contributed by atoms with Crippen molar-refractivity contribution in [3.05, 3.63) is 76.9 Å². The fourth-order valence-corrected chi connectivity index (χ4v) is 3.93. The van der Waals surface area contributed by atoms with Crippen molar-refractivity contribution in [3.8, 4) is 0 Å². The van der Waals surface area contributed by atoms with E-state index in [2.05, 4.69) is 9.82 Å². The van der Waals surface area contributed by atoms with E-state index >= 15 is 0 Å². The number of hydrogen-bond donors (Lipinski definition) is 1. The Bertz CT molecular complexity index is 1110. The Morgan fingerprint density at radius 3 is 2.41 bits per heavy atom. The van der Waals surface area contributed by atoms with Gasteiger partial charge in [0.25, 0.3) is 10.0 Å². The molecule has 0 spiro atoms. The first kappa shape index (κ1) is 19.0. The Kier molecular flexibility index (Phi) is 4.97. The fraction of sp³-hybridized carbons (Fsp3) is 0.167. The van der Waals surface area contributed by atoms with Gasteiger partial charge in [-0.1, -0.05) is 12.1 Å². The van der Waals surface area contributed by atoms with Crippen LogP contribution in [0.1, 0.15) is 17.0 Å². The highest BCUT2D eigenvalue weighted by molar-refractivity contribution is 7.92. The number of anilines is 1. The van der Waals surface area contributed by atoms with Crippen molar-refractivity contribution < 1.29 is 21.6 Å². The second-order valence-corrected chi connectivity index (χ2v) is 7.66. The molecule has 0 aliphatic carbocycles. The molecule has 0 atom stereocenters. The molecule has 142 valence electrons. The summed E-state index contributed by atoms with van der Waals surface area (Å²) in [5.41, 5.74) is 1.69. The average Bonchev–Trinajstić information content (AvgIpc) is 2.81. The minimum absolute atomic E-state index is 0.190. The molecule has 1 N–H and O–H groups in total. The Morgan fingerprint density at radius 1 is 1.04 bits per heavy atom. The van der Waals surface area contributed by atoms with Crippen molar-refractivity contribution in [1.29, 1.82) is 0 Å². The monoisotopic (exact) mass is 395 g/mol. The normalized spacial score (nSPS) is 11.6. The van der Waals surface area contributed by atoms with Gasteiger partial charge in [-0.15, -0.1) is 0 Å². The van der Waals surface area contributed by atoms with Crippen molar-refractivity contribution in [2.45, 2.75) is 25.3 Å². The summed E-state index contributed by atoms with van der Waals surface area (Å²) in [6.45, 7) is 3.46. The summed E-state index contributed by atoms with van der Waals surface area (Å²) in [7, 11) is -4.28. The van der Waals surface area contributed by atoms with Crippen LogP contribution in [-0.2, 0) is 16.6 Å². The van der Waals surface area contributed by atoms with Crippen LogP contribution in [0.15, 0.2) is 47.4 Å². The van der Waals surface area contributed by atoms with E-state index in [0.29, 0.717) is 23.0 Å². The zero-order valence-corrected chi connectivity index (χ0v) is 15.3. The van der Waals surface area contributed by atoms with Gasteiger partial charge in [0.15, 0.2) is 0 Å². The average molecular weight is 395 g/mol. The first-order chi connectivity index (χ1) is 12.7. The summed E-state index contributed by atoms with van der Waals surface area (Å²) in [5, 5.41) is 4.26. The molecule has 0 amide bonds. The Hall–Kier alpha value is -2.81. The van der Waals surface area contributed by atoms with Crippen LogP contribution >= 0.6 is 0 Å². The molecule has 0 aliphatic heterocycles. The Morgan fingerprint density at radius 2 is 1.74 bits per heavy atom. The highest BCUT2D eigenvalue weighted by atomic mass is 32.2. The molecule has 9 heteroatoms. The first-order valence-corrected chi connectivity index (χ1v) is 9.42. The van der Waals surface area contributed by atoms with E-state index in [1.165, 1.54) is 16.8 Å². The number of nitrogens with one attached hydrogen (secondary N) is 1. The van der Waals surface area contributed by atoms with Crippen molar-refractivity contribution in [2.24, 2.45) is 0 Å². The lowest BCUT2D eigenvalue weighted by Gasteiger charge is -2.10. The highest BCUT2D eigenvalue weighted by Gasteiger charge is 2.23. The molecule has 1 aromatic heterocycles. The van der Waals surface area contributed by atoms with Crippen LogP contribution in [0.4, 0.5) is 18.9 Å². The molecule has 0 unspecified atom stereocenters. The van der Waals surface area contributed by atoms with Crippen LogP contribution < -0.4 is 4.72 Å². The summed E-state index contributed by atoms with van der Waals surface area (Å²) < 4.78 is 69.0. The van der Waals surface area contributed by atoms with E-state index in [1.807, 2.05) is 0 Å². The molecular weight excluding hydrogens is 379 g/mol. The molecule has 0 radical (unpaired) electrons. The van der Waals surface area contributed by atoms with Gasteiger partial charge in [-0.25, -0.2) is 21.6 Å². The molecule has 3 aromatic rings. The smallest absolute Gasteiger partial charge is 0.264 e. The molecule has 3 rings (SSSR count). The van der Waals surface area contributed by atoms with Gasteiger partial charge >= 0.3 is 0 Å². The molecule has 0 fully saturated rings. The Balaban J connectivity index is 1.92. The predicted octanol–water partition coefficient (Wildman–Crippen LogP) is 3.77. The number of aryl methyl sites for hydroxylation is 1. The highest BCUT2D eigenvalue weighted by Crippen LogP contribution is 2.25. The van der Waals surface area contributed by atoms with Crippen LogP contribution in [0.5, 0.6) is 0 Å².